The van der Waals surface area contributed by atoms with E-state index in [2.05, 4.69) is 20.1 Å². The van der Waals surface area contributed by atoms with Crippen LogP contribution in [0.15, 0.2) is 47.3 Å². The van der Waals surface area contributed by atoms with Crippen molar-refractivity contribution < 1.29 is 14.0 Å². The largest absolute Gasteiger partial charge is 0.368 e. The van der Waals surface area contributed by atoms with Crippen LogP contribution in [0, 0.1) is 5.82 Å². The van der Waals surface area contributed by atoms with Crippen LogP contribution in [-0.2, 0) is 4.79 Å². The van der Waals surface area contributed by atoms with Crippen molar-refractivity contribution in [3.8, 4) is 0 Å². The van der Waals surface area contributed by atoms with Crippen LogP contribution < -0.4 is 20.5 Å². The molecule has 3 heterocycles. The average molecular weight is 521 g/mol. The molecule has 10 heteroatoms. The van der Waals surface area contributed by atoms with E-state index in [1.165, 1.54) is 18.2 Å². The average Bonchev–Trinajstić information content (AvgIpc) is 2.93. The van der Waals surface area contributed by atoms with E-state index in [-0.39, 0.29) is 17.0 Å². The lowest BCUT2D eigenvalue weighted by Gasteiger charge is -2.36. The molecule has 0 atom stereocenters. The molecule has 0 aliphatic carbocycles. The van der Waals surface area contributed by atoms with Gasteiger partial charge in [-0.1, -0.05) is 6.92 Å². The molecule has 1 aromatic heterocycles. The van der Waals surface area contributed by atoms with E-state index in [1.54, 1.807) is 0 Å². The number of anilines is 3. The highest BCUT2D eigenvalue weighted by molar-refractivity contribution is 6.05. The third-order valence-electron chi connectivity index (χ3n) is 7.40. The highest BCUT2D eigenvalue weighted by atomic mass is 19.1. The molecular weight excluding hydrogens is 487 g/mol. The number of rotatable bonds is 5. The van der Waals surface area contributed by atoms with E-state index in [0.717, 1.165) is 31.9 Å². The number of nitrogens with one attached hydrogen (secondary N) is 2. The first kappa shape index (κ1) is 25.7. The van der Waals surface area contributed by atoms with Gasteiger partial charge in [0.25, 0.3) is 5.91 Å². The molecule has 2 saturated heterocycles. The van der Waals surface area contributed by atoms with E-state index in [4.69, 9.17) is 0 Å². The van der Waals surface area contributed by atoms with Crippen molar-refractivity contribution in [3.63, 3.8) is 0 Å². The van der Waals surface area contributed by atoms with Crippen molar-refractivity contribution in [2.75, 3.05) is 74.5 Å². The van der Waals surface area contributed by atoms with Gasteiger partial charge < -0.3 is 29.9 Å². The van der Waals surface area contributed by atoms with Crippen LogP contribution in [0.5, 0.6) is 0 Å². The summed E-state index contributed by atoms with van der Waals surface area (Å²) >= 11 is 0. The number of carbonyl (C=O) groups is 2. The van der Waals surface area contributed by atoms with Gasteiger partial charge in [0.05, 0.1) is 16.6 Å². The van der Waals surface area contributed by atoms with Crippen LogP contribution in [0.25, 0.3) is 10.9 Å². The normalized spacial score (nSPS) is 16.7. The van der Waals surface area contributed by atoms with E-state index < -0.39 is 17.2 Å². The smallest absolute Gasteiger partial charge is 0.272 e. The molecule has 2 amide bonds. The first-order chi connectivity index (χ1) is 18.3. The summed E-state index contributed by atoms with van der Waals surface area (Å²) in [6.45, 7) is 7.82. The molecular formula is C28H33FN6O3. The molecule has 0 unspecified atom stereocenters. The van der Waals surface area contributed by atoms with Crippen molar-refractivity contribution in [2.24, 2.45) is 0 Å². The molecule has 2 aliphatic rings. The van der Waals surface area contributed by atoms with Gasteiger partial charge in [-0.15, -0.1) is 0 Å². The lowest BCUT2D eigenvalue weighted by molar-refractivity contribution is -0.131. The number of fused-ring (bicyclic) bond motifs is 1. The van der Waals surface area contributed by atoms with Crippen molar-refractivity contribution in [2.45, 2.75) is 13.3 Å². The Hall–Kier alpha value is -3.92. The molecule has 3 aromatic rings. The number of aromatic amines is 1. The number of H-pyrrole nitrogens is 1. The number of hydrogen-bond acceptors (Lipinski definition) is 6. The Bertz CT molecular complexity index is 1390. The molecule has 0 saturated carbocycles. The number of piperazine rings is 2. The fourth-order valence-electron chi connectivity index (χ4n) is 5.11. The maximum Gasteiger partial charge on any atom is 0.272 e. The molecule has 2 aliphatic heterocycles. The minimum atomic E-state index is -0.479. The second-order valence-corrected chi connectivity index (χ2v) is 9.91. The first-order valence-corrected chi connectivity index (χ1v) is 13.1. The number of carbonyl (C=O) groups excluding carboxylic acids is 2. The van der Waals surface area contributed by atoms with Crippen LogP contribution in [-0.4, -0.2) is 86.0 Å². The minimum absolute atomic E-state index is 0.116. The maximum atomic E-state index is 14.4. The van der Waals surface area contributed by atoms with Crippen LogP contribution in [0.2, 0.25) is 0 Å². The van der Waals surface area contributed by atoms with Gasteiger partial charge in [0.15, 0.2) is 5.43 Å². The molecule has 38 heavy (non-hydrogen) atoms. The first-order valence-electron chi connectivity index (χ1n) is 13.1. The molecule has 2 N–H and O–H groups in total. The van der Waals surface area contributed by atoms with Gasteiger partial charge in [0.1, 0.15) is 11.5 Å². The molecule has 2 aromatic carbocycles. The molecule has 2 fully saturated rings. The van der Waals surface area contributed by atoms with Crippen LogP contribution >= 0.6 is 0 Å². The Balaban J connectivity index is 1.32. The predicted molar refractivity (Wildman–Crippen MR) is 148 cm³/mol. The van der Waals surface area contributed by atoms with Gasteiger partial charge >= 0.3 is 0 Å². The standard InChI is InChI=1S/C28H33FN6O3/c1-3-26(37)35-14-12-33(13-15-35)21-6-4-20(5-7-21)30-28(38)23-18-25(36)22-16-19(29)17-24(27(22)31-23)34-10-8-32(2)9-11-34/h4-7,16-18H,3,8-15H2,1-2H3,(H,30,38)(H,31,36). The molecule has 0 bridgehead atoms. The number of benzene rings is 2. The zero-order chi connectivity index (χ0) is 26.8. The Morgan fingerprint density at radius 3 is 2.24 bits per heavy atom. The number of likely N-dealkylation sites (N-methyl/N-ethyl adjacent to an activating group) is 1. The lowest BCUT2D eigenvalue weighted by atomic mass is 10.1. The Kier molecular flexibility index (Phi) is 7.33. The Labute approximate surface area is 220 Å². The maximum absolute atomic E-state index is 14.4. The molecule has 200 valence electrons. The van der Waals surface area contributed by atoms with Crippen molar-refractivity contribution in [1.82, 2.24) is 14.8 Å². The van der Waals surface area contributed by atoms with Crippen LogP contribution in [0.1, 0.15) is 23.8 Å². The van der Waals surface area contributed by atoms with Gasteiger partial charge in [-0.25, -0.2) is 4.39 Å². The summed E-state index contributed by atoms with van der Waals surface area (Å²) in [6, 6.07) is 11.4. The van der Waals surface area contributed by atoms with E-state index in [1.807, 2.05) is 48.0 Å². The molecule has 5 rings (SSSR count). The predicted octanol–water partition coefficient (Wildman–Crippen LogP) is 2.73. The molecule has 0 spiro atoms. The van der Waals surface area contributed by atoms with Gasteiger partial charge in [-0.3, -0.25) is 14.4 Å². The summed E-state index contributed by atoms with van der Waals surface area (Å²) in [6.07, 6.45) is 0.519. The number of pyridine rings is 1. The van der Waals surface area contributed by atoms with Crippen molar-refractivity contribution in [3.05, 3.63) is 64.2 Å². The number of nitrogens with zero attached hydrogens (tertiary/aromatic N) is 4. The summed E-state index contributed by atoms with van der Waals surface area (Å²) in [7, 11) is 2.04. The fraction of sp³-hybridized carbons (Fsp3) is 0.393. The van der Waals surface area contributed by atoms with E-state index in [9.17, 15) is 18.8 Å². The van der Waals surface area contributed by atoms with Gasteiger partial charge in [0, 0.05) is 76.2 Å². The lowest BCUT2D eigenvalue weighted by Crippen LogP contribution is -2.48. The number of hydrogen-bond donors (Lipinski definition) is 2. The van der Waals surface area contributed by atoms with Crippen molar-refractivity contribution in [1.29, 1.82) is 0 Å². The second kappa shape index (κ2) is 10.8. The van der Waals surface area contributed by atoms with Gasteiger partial charge in [-0.05, 0) is 43.4 Å². The SMILES string of the molecule is CCC(=O)N1CCN(c2ccc(NC(=O)c3cc(=O)c4cc(F)cc(N5CCN(C)CC5)c4[nH]3)cc2)CC1. The number of halogens is 1. The van der Waals surface area contributed by atoms with Crippen LogP contribution in [0.3, 0.4) is 0 Å². The zero-order valence-electron chi connectivity index (χ0n) is 21.8. The highest BCUT2D eigenvalue weighted by Gasteiger charge is 2.22. The summed E-state index contributed by atoms with van der Waals surface area (Å²) in [5.41, 5.74) is 2.37. The van der Waals surface area contributed by atoms with E-state index >= 15 is 0 Å². The number of amides is 2. The topological polar surface area (TPSA) is 92.0 Å². The third kappa shape index (κ3) is 5.35. The molecule has 9 nitrogen and oxygen atoms in total. The van der Waals surface area contributed by atoms with Crippen LogP contribution in [0.4, 0.5) is 21.5 Å². The molecule has 0 radical (unpaired) electrons. The summed E-state index contributed by atoms with van der Waals surface area (Å²) in [5, 5.41) is 3.07. The van der Waals surface area contributed by atoms with E-state index in [0.29, 0.717) is 49.5 Å². The fourth-order valence-corrected chi connectivity index (χ4v) is 5.11. The Morgan fingerprint density at radius 1 is 0.921 bits per heavy atom. The van der Waals surface area contributed by atoms with Gasteiger partial charge in [0.2, 0.25) is 5.91 Å². The third-order valence-corrected chi connectivity index (χ3v) is 7.40. The second-order valence-electron chi connectivity index (χ2n) is 9.91. The summed E-state index contributed by atoms with van der Waals surface area (Å²) in [4.78, 5) is 49.3. The van der Waals surface area contributed by atoms with Gasteiger partial charge in [-0.2, -0.15) is 0 Å². The summed E-state index contributed by atoms with van der Waals surface area (Å²) in [5.74, 6) is -0.750. The minimum Gasteiger partial charge on any atom is -0.368 e. The monoisotopic (exact) mass is 520 g/mol. The van der Waals surface area contributed by atoms with Crippen molar-refractivity contribution >= 4 is 39.8 Å². The Morgan fingerprint density at radius 2 is 1.58 bits per heavy atom. The summed E-state index contributed by atoms with van der Waals surface area (Å²) < 4.78 is 14.4. The quantitative estimate of drug-likeness (QED) is 0.538. The number of aromatic nitrogens is 1. The zero-order valence-corrected chi connectivity index (χ0v) is 21.8. The highest BCUT2D eigenvalue weighted by Crippen LogP contribution is 2.27.